The number of benzene rings is 1. The summed E-state index contributed by atoms with van der Waals surface area (Å²) in [6, 6.07) is 5.06. The van der Waals surface area contributed by atoms with Gasteiger partial charge in [-0.1, -0.05) is 12.1 Å². The fraction of sp³-hybridized carbons (Fsp3) is 0.538. The van der Waals surface area contributed by atoms with Gasteiger partial charge in [-0.15, -0.1) is 0 Å². The smallest absolute Gasteiger partial charge is 0.165 e. The molecule has 0 heterocycles. The van der Waals surface area contributed by atoms with E-state index in [1.54, 1.807) is 6.07 Å². The highest BCUT2D eigenvalue weighted by Gasteiger charge is 2.55. The summed E-state index contributed by atoms with van der Waals surface area (Å²) in [6.45, 7) is 3.98. The number of rotatable bonds is 3. The van der Waals surface area contributed by atoms with E-state index in [0.717, 1.165) is 18.4 Å². The number of methoxy groups -OCH3 is 1. The van der Waals surface area contributed by atoms with Crippen molar-refractivity contribution in [1.29, 1.82) is 0 Å². The second-order valence-corrected chi connectivity index (χ2v) is 5.12. The molecule has 0 amide bonds. The highest BCUT2D eigenvalue weighted by Crippen LogP contribution is 2.57. The lowest BCUT2D eigenvalue weighted by atomic mass is 9.79. The van der Waals surface area contributed by atoms with Crippen molar-refractivity contribution in [3.8, 4) is 5.75 Å². The first-order valence-corrected chi connectivity index (χ1v) is 5.54. The lowest BCUT2D eigenvalue weighted by Crippen LogP contribution is -2.45. The molecule has 1 aliphatic carbocycles. The van der Waals surface area contributed by atoms with Crippen molar-refractivity contribution in [2.75, 3.05) is 7.11 Å². The lowest BCUT2D eigenvalue weighted by molar-refractivity contribution is 0.345. The van der Waals surface area contributed by atoms with E-state index in [-0.39, 0.29) is 16.8 Å². The molecule has 16 heavy (non-hydrogen) atoms. The van der Waals surface area contributed by atoms with Gasteiger partial charge in [0.2, 0.25) is 0 Å². The molecule has 0 aliphatic heterocycles. The average Bonchev–Trinajstić information content (AvgIpc) is 2.96. The molecular weight excluding hydrogens is 205 g/mol. The molecule has 2 rings (SSSR count). The molecule has 0 aromatic heterocycles. The van der Waals surface area contributed by atoms with Gasteiger partial charge in [0, 0.05) is 16.5 Å². The number of nitrogens with two attached hydrogens (primary N) is 1. The third-order valence-electron chi connectivity index (χ3n) is 3.67. The quantitative estimate of drug-likeness (QED) is 0.854. The molecule has 1 fully saturated rings. The van der Waals surface area contributed by atoms with Crippen LogP contribution in [-0.2, 0) is 5.41 Å². The van der Waals surface area contributed by atoms with Crippen LogP contribution in [0.5, 0.6) is 5.75 Å². The molecule has 0 atom stereocenters. The number of hydrogen-bond donors (Lipinski definition) is 1. The van der Waals surface area contributed by atoms with Crippen molar-refractivity contribution in [3.63, 3.8) is 0 Å². The van der Waals surface area contributed by atoms with Crippen LogP contribution < -0.4 is 10.5 Å². The molecule has 2 nitrogen and oxygen atoms in total. The molecule has 3 heteroatoms. The lowest BCUT2D eigenvalue weighted by Gasteiger charge is -2.32. The predicted octanol–water partition coefficient (Wildman–Crippen LogP) is 2.60. The van der Waals surface area contributed by atoms with Gasteiger partial charge in [-0.3, -0.25) is 0 Å². The Morgan fingerprint density at radius 2 is 2.00 bits per heavy atom. The Bertz CT molecular complexity index is 405. The Kier molecular flexibility index (Phi) is 2.46. The van der Waals surface area contributed by atoms with Crippen LogP contribution >= 0.6 is 0 Å². The van der Waals surface area contributed by atoms with Gasteiger partial charge < -0.3 is 10.5 Å². The molecule has 88 valence electrons. The molecule has 0 radical (unpaired) electrons. The van der Waals surface area contributed by atoms with E-state index in [4.69, 9.17) is 10.5 Å². The minimum Gasteiger partial charge on any atom is -0.493 e. The number of ether oxygens (including phenoxy) is 1. The van der Waals surface area contributed by atoms with Crippen molar-refractivity contribution in [2.24, 2.45) is 5.73 Å². The van der Waals surface area contributed by atoms with E-state index in [1.807, 2.05) is 19.9 Å². The Labute approximate surface area is 95.6 Å². The van der Waals surface area contributed by atoms with Gasteiger partial charge in [-0.05, 0) is 32.8 Å². The fourth-order valence-corrected chi connectivity index (χ4v) is 2.48. The molecule has 0 spiro atoms. The summed E-state index contributed by atoms with van der Waals surface area (Å²) in [6.07, 6.45) is 1.99. The van der Waals surface area contributed by atoms with Crippen LogP contribution in [0.25, 0.3) is 0 Å². The van der Waals surface area contributed by atoms with Crippen LogP contribution in [0.2, 0.25) is 0 Å². The van der Waals surface area contributed by atoms with Gasteiger partial charge in [0.25, 0.3) is 0 Å². The second-order valence-electron chi connectivity index (χ2n) is 5.12. The van der Waals surface area contributed by atoms with Gasteiger partial charge in [0.05, 0.1) is 7.11 Å². The molecule has 2 N–H and O–H groups in total. The number of para-hydroxylation sites is 1. The Balaban J connectivity index is 2.53. The van der Waals surface area contributed by atoms with Gasteiger partial charge >= 0.3 is 0 Å². The topological polar surface area (TPSA) is 35.2 Å². The molecule has 1 aromatic carbocycles. The largest absolute Gasteiger partial charge is 0.493 e. The summed E-state index contributed by atoms with van der Waals surface area (Å²) in [7, 11) is 1.50. The SMILES string of the molecule is COc1c(F)cccc1C1(C(C)(C)N)CC1. The maximum Gasteiger partial charge on any atom is 0.165 e. The highest BCUT2D eigenvalue weighted by atomic mass is 19.1. The van der Waals surface area contributed by atoms with Gasteiger partial charge in [-0.2, -0.15) is 0 Å². The van der Waals surface area contributed by atoms with Crippen LogP contribution in [0.1, 0.15) is 32.3 Å². The van der Waals surface area contributed by atoms with Crippen molar-refractivity contribution in [2.45, 2.75) is 37.6 Å². The number of halogens is 1. The summed E-state index contributed by atoms with van der Waals surface area (Å²) >= 11 is 0. The van der Waals surface area contributed by atoms with Gasteiger partial charge in [-0.25, -0.2) is 4.39 Å². The summed E-state index contributed by atoms with van der Waals surface area (Å²) in [4.78, 5) is 0. The molecule has 0 saturated heterocycles. The molecular formula is C13H18FNO. The van der Waals surface area contributed by atoms with Gasteiger partial charge in [0.15, 0.2) is 11.6 Å². The van der Waals surface area contributed by atoms with Crippen LogP contribution in [0.3, 0.4) is 0 Å². The van der Waals surface area contributed by atoms with Crippen LogP contribution in [0.4, 0.5) is 4.39 Å². The normalized spacial score (nSPS) is 18.3. The molecule has 0 unspecified atom stereocenters. The Hall–Kier alpha value is -1.09. The minimum absolute atomic E-state index is 0.125. The zero-order chi connectivity index (χ0) is 12.0. The average molecular weight is 223 g/mol. The van der Waals surface area contributed by atoms with E-state index >= 15 is 0 Å². The third kappa shape index (κ3) is 1.50. The molecule has 1 aliphatic rings. The summed E-state index contributed by atoms with van der Waals surface area (Å²) in [5.74, 6) is 0.0362. The predicted molar refractivity (Wildman–Crippen MR) is 62.1 cm³/mol. The van der Waals surface area contributed by atoms with E-state index in [2.05, 4.69) is 0 Å². The Morgan fingerprint density at radius 1 is 1.38 bits per heavy atom. The van der Waals surface area contributed by atoms with E-state index in [0.29, 0.717) is 5.75 Å². The Morgan fingerprint density at radius 3 is 2.44 bits per heavy atom. The van der Waals surface area contributed by atoms with E-state index in [1.165, 1.54) is 13.2 Å². The minimum atomic E-state index is -0.353. The summed E-state index contributed by atoms with van der Waals surface area (Å²) in [5, 5.41) is 0. The molecule has 1 saturated carbocycles. The van der Waals surface area contributed by atoms with Crippen molar-refractivity contribution in [3.05, 3.63) is 29.6 Å². The van der Waals surface area contributed by atoms with Crippen molar-refractivity contribution < 1.29 is 9.13 Å². The van der Waals surface area contributed by atoms with Crippen molar-refractivity contribution in [1.82, 2.24) is 0 Å². The monoisotopic (exact) mass is 223 g/mol. The molecule has 0 bridgehead atoms. The zero-order valence-corrected chi connectivity index (χ0v) is 10.0. The first kappa shape index (κ1) is 11.4. The van der Waals surface area contributed by atoms with Gasteiger partial charge in [0.1, 0.15) is 0 Å². The summed E-state index contributed by atoms with van der Waals surface area (Å²) < 4.78 is 18.8. The first-order valence-electron chi connectivity index (χ1n) is 5.54. The summed E-state index contributed by atoms with van der Waals surface area (Å²) in [5.41, 5.74) is 6.63. The third-order valence-corrected chi connectivity index (χ3v) is 3.67. The van der Waals surface area contributed by atoms with E-state index < -0.39 is 0 Å². The first-order chi connectivity index (χ1) is 7.42. The zero-order valence-electron chi connectivity index (χ0n) is 10.0. The maximum atomic E-state index is 13.6. The maximum absolute atomic E-state index is 13.6. The second kappa shape index (κ2) is 3.45. The highest BCUT2D eigenvalue weighted by molar-refractivity contribution is 5.46. The van der Waals surface area contributed by atoms with Crippen molar-refractivity contribution >= 4 is 0 Å². The van der Waals surface area contributed by atoms with Crippen LogP contribution in [-0.4, -0.2) is 12.6 Å². The number of hydrogen-bond acceptors (Lipinski definition) is 2. The standard InChI is InChI=1S/C13H18FNO/c1-12(2,15)13(7-8-13)9-5-4-6-10(14)11(9)16-3/h4-6H,7-8,15H2,1-3H3. The van der Waals surface area contributed by atoms with E-state index in [9.17, 15) is 4.39 Å². The van der Waals surface area contributed by atoms with Crippen LogP contribution in [0, 0.1) is 5.82 Å². The fourth-order valence-electron chi connectivity index (χ4n) is 2.48. The van der Waals surface area contributed by atoms with Crippen LogP contribution in [0.15, 0.2) is 18.2 Å². The molecule has 1 aromatic rings.